The number of ether oxygens (including phenoxy) is 1. The van der Waals surface area contributed by atoms with Crippen molar-refractivity contribution in [1.29, 1.82) is 0 Å². The molecule has 1 aromatic rings. The van der Waals surface area contributed by atoms with Gasteiger partial charge in [-0.1, -0.05) is 15.9 Å². The number of benzene rings is 1. The molecule has 1 aliphatic rings. The van der Waals surface area contributed by atoms with Crippen LogP contribution in [0.4, 0.5) is 5.69 Å². The van der Waals surface area contributed by atoms with Crippen molar-refractivity contribution in [1.82, 2.24) is 0 Å². The van der Waals surface area contributed by atoms with Gasteiger partial charge in [0.2, 0.25) is 5.91 Å². The van der Waals surface area contributed by atoms with E-state index in [1.807, 2.05) is 26.0 Å². The fourth-order valence-corrected chi connectivity index (χ4v) is 2.68. The normalized spacial score (nSPS) is 18.5. The Morgan fingerprint density at radius 2 is 2.00 bits per heavy atom. The van der Waals surface area contributed by atoms with Crippen LogP contribution in [0.3, 0.4) is 0 Å². The van der Waals surface area contributed by atoms with E-state index in [0.717, 1.165) is 21.3 Å². The van der Waals surface area contributed by atoms with Crippen LogP contribution in [-0.2, 0) is 14.3 Å². The first kappa shape index (κ1) is 15.0. The lowest BCUT2D eigenvalue weighted by Crippen LogP contribution is -2.26. The molecule has 0 spiro atoms. The number of halogens is 1. The van der Waals surface area contributed by atoms with Gasteiger partial charge in [0.05, 0.1) is 12.5 Å². The van der Waals surface area contributed by atoms with Gasteiger partial charge in [-0.3, -0.25) is 9.59 Å². The highest BCUT2D eigenvalue weighted by Gasteiger charge is 2.36. The molecule has 0 N–H and O–H groups in total. The minimum Gasteiger partial charge on any atom is -0.466 e. The molecule has 0 radical (unpaired) electrons. The Morgan fingerprint density at radius 3 is 2.55 bits per heavy atom. The zero-order chi connectivity index (χ0) is 14.9. The maximum atomic E-state index is 12.1. The summed E-state index contributed by atoms with van der Waals surface area (Å²) in [5.41, 5.74) is 3.00. The van der Waals surface area contributed by atoms with E-state index < -0.39 is 0 Å². The number of esters is 1. The smallest absolute Gasteiger partial charge is 0.311 e. The van der Waals surface area contributed by atoms with Crippen LogP contribution in [0.25, 0.3) is 0 Å². The van der Waals surface area contributed by atoms with Gasteiger partial charge in [-0.15, -0.1) is 0 Å². The van der Waals surface area contributed by atoms with E-state index in [1.54, 1.807) is 11.8 Å². The van der Waals surface area contributed by atoms with Gasteiger partial charge in [0.15, 0.2) is 0 Å². The second-order valence-corrected chi connectivity index (χ2v) is 5.84. The van der Waals surface area contributed by atoms with Crippen LogP contribution in [-0.4, -0.2) is 25.0 Å². The molecule has 5 heteroatoms. The summed E-state index contributed by atoms with van der Waals surface area (Å²) in [7, 11) is 0. The number of nitrogens with zero attached hydrogens (tertiary/aromatic N) is 1. The SMILES string of the molecule is CCOC(=O)C1CC(=O)N(c2cc(C)c(Br)c(C)c2)C1. The molecule has 1 atom stereocenters. The third-order valence-corrected chi connectivity index (χ3v) is 4.73. The monoisotopic (exact) mass is 339 g/mol. The zero-order valence-corrected chi connectivity index (χ0v) is 13.5. The summed E-state index contributed by atoms with van der Waals surface area (Å²) in [5.74, 6) is -0.662. The van der Waals surface area contributed by atoms with Crippen LogP contribution in [0.15, 0.2) is 16.6 Å². The Balaban J connectivity index is 2.22. The molecule has 1 saturated heterocycles. The van der Waals surface area contributed by atoms with Crippen molar-refractivity contribution >= 4 is 33.5 Å². The molecular weight excluding hydrogens is 322 g/mol. The third-order valence-electron chi connectivity index (χ3n) is 3.48. The Labute approximate surface area is 127 Å². The fourth-order valence-electron chi connectivity index (χ4n) is 2.45. The van der Waals surface area contributed by atoms with E-state index in [4.69, 9.17) is 4.74 Å². The molecule has 0 bridgehead atoms. The lowest BCUT2D eigenvalue weighted by molar-refractivity contribution is -0.147. The summed E-state index contributed by atoms with van der Waals surface area (Å²) in [5, 5.41) is 0. The molecule has 4 nitrogen and oxygen atoms in total. The molecule has 2 rings (SSSR count). The quantitative estimate of drug-likeness (QED) is 0.795. The molecule has 1 aliphatic heterocycles. The highest BCUT2D eigenvalue weighted by molar-refractivity contribution is 9.10. The lowest BCUT2D eigenvalue weighted by Gasteiger charge is -2.18. The summed E-state index contributed by atoms with van der Waals surface area (Å²) < 4.78 is 6.05. The fraction of sp³-hybridized carbons (Fsp3) is 0.467. The van der Waals surface area contributed by atoms with Gasteiger partial charge in [0.25, 0.3) is 0 Å². The summed E-state index contributed by atoms with van der Waals surface area (Å²) in [6.45, 7) is 6.50. The second kappa shape index (κ2) is 5.95. The summed E-state index contributed by atoms with van der Waals surface area (Å²) in [4.78, 5) is 25.5. The molecular formula is C15H18BrNO3. The van der Waals surface area contributed by atoms with Gasteiger partial charge in [0.1, 0.15) is 0 Å². The molecule has 1 heterocycles. The first-order chi connectivity index (χ1) is 9.43. The van der Waals surface area contributed by atoms with Crippen molar-refractivity contribution in [2.45, 2.75) is 27.2 Å². The Bertz CT molecular complexity index is 533. The number of rotatable bonds is 3. The molecule has 20 heavy (non-hydrogen) atoms. The van der Waals surface area contributed by atoms with Gasteiger partial charge in [0, 0.05) is 23.1 Å². The van der Waals surface area contributed by atoms with Gasteiger partial charge in [-0.2, -0.15) is 0 Å². The van der Waals surface area contributed by atoms with Crippen molar-refractivity contribution in [3.8, 4) is 0 Å². The molecule has 1 aromatic carbocycles. The van der Waals surface area contributed by atoms with Crippen LogP contribution in [0.2, 0.25) is 0 Å². The molecule has 1 fully saturated rings. The van der Waals surface area contributed by atoms with Gasteiger partial charge < -0.3 is 9.64 Å². The van der Waals surface area contributed by atoms with Gasteiger partial charge in [-0.25, -0.2) is 0 Å². The molecule has 1 unspecified atom stereocenters. The third kappa shape index (κ3) is 2.87. The zero-order valence-electron chi connectivity index (χ0n) is 11.9. The molecule has 0 aliphatic carbocycles. The average Bonchev–Trinajstić information content (AvgIpc) is 2.78. The van der Waals surface area contributed by atoms with Gasteiger partial charge in [-0.05, 0) is 44.0 Å². The average molecular weight is 340 g/mol. The van der Waals surface area contributed by atoms with Crippen molar-refractivity contribution < 1.29 is 14.3 Å². The largest absolute Gasteiger partial charge is 0.466 e. The number of carbonyl (C=O) groups is 2. The standard InChI is InChI=1S/C15H18BrNO3/c1-4-20-15(19)11-7-13(18)17(8-11)12-5-9(2)14(16)10(3)6-12/h5-6,11H,4,7-8H2,1-3H3. The van der Waals surface area contributed by atoms with E-state index in [1.165, 1.54) is 0 Å². The van der Waals surface area contributed by atoms with Crippen LogP contribution >= 0.6 is 15.9 Å². The van der Waals surface area contributed by atoms with E-state index >= 15 is 0 Å². The molecule has 0 saturated carbocycles. The second-order valence-electron chi connectivity index (χ2n) is 5.05. The Kier molecular flexibility index (Phi) is 4.48. The molecule has 1 amide bonds. The van der Waals surface area contributed by atoms with Crippen LogP contribution in [0.5, 0.6) is 0 Å². The van der Waals surface area contributed by atoms with Crippen LogP contribution in [0.1, 0.15) is 24.5 Å². The lowest BCUT2D eigenvalue weighted by atomic mass is 10.1. The van der Waals surface area contributed by atoms with Crippen molar-refractivity contribution in [2.24, 2.45) is 5.92 Å². The first-order valence-electron chi connectivity index (χ1n) is 6.67. The highest BCUT2D eigenvalue weighted by Crippen LogP contribution is 2.31. The first-order valence-corrected chi connectivity index (χ1v) is 7.47. The summed E-state index contributed by atoms with van der Waals surface area (Å²) >= 11 is 3.52. The predicted octanol–water partition coefficient (Wildman–Crippen LogP) is 2.98. The molecule has 108 valence electrons. The van der Waals surface area contributed by atoms with Crippen LogP contribution in [0, 0.1) is 19.8 Å². The van der Waals surface area contributed by atoms with E-state index in [2.05, 4.69) is 15.9 Å². The van der Waals surface area contributed by atoms with Gasteiger partial charge >= 0.3 is 5.97 Å². The van der Waals surface area contributed by atoms with E-state index in [-0.39, 0.29) is 24.2 Å². The number of hydrogen-bond acceptors (Lipinski definition) is 3. The number of carbonyl (C=O) groups excluding carboxylic acids is 2. The highest BCUT2D eigenvalue weighted by atomic mass is 79.9. The Morgan fingerprint density at radius 1 is 1.40 bits per heavy atom. The minimum atomic E-state index is -0.355. The minimum absolute atomic E-state index is 0.0239. The summed E-state index contributed by atoms with van der Waals surface area (Å²) in [6, 6.07) is 3.92. The summed E-state index contributed by atoms with van der Waals surface area (Å²) in [6.07, 6.45) is 0.229. The predicted molar refractivity (Wildman–Crippen MR) is 80.7 cm³/mol. The number of hydrogen-bond donors (Lipinski definition) is 0. The van der Waals surface area contributed by atoms with E-state index in [9.17, 15) is 9.59 Å². The Hall–Kier alpha value is -1.36. The van der Waals surface area contributed by atoms with E-state index in [0.29, 0.717) is 13.2 Å². The maximum Gasteiger partial charge on any atom is 0.311 e. The molecule has 0 aromatic heterocycles. The number of amides is 1. The topological polar surface area (TPSA) is 46.6 Å². The van der Waals surface area contributed by atoms with Crippen molar-refractivity contribution in [3.05, 3.63) is 27.7 Å². The maximum absolute atomic E-state index is 12.1. The van der Waals surface area contributed by atoms with Crippen molar-refractivity contribution in [3.63, 3.8) is 0 Å². The van der Waals surface area contributed by atoms with Crippen LogP contribution < -0.4 is 4.90 Å². The number of aryl methyl sites for hydroxylation is 2. The number of anilines is 1. The van der Waals surface area contributed by atoms with Crippen molar-refractivity contribution in [2.75, 3.05) is 18.1 Å².